The largest absolute Gasteiger partial charge is 0.383 e. The number of hydrogen-bond acceptors (Lipinski definition) is 3. The van der Waals surface area contributed by atoms with E-state index in [1.54, 1.807) is 0 Å². The Labute approximate surface area is 130 Å². The molecule has 0 bridgehead atoms. The summed E-state index contributed by atoms with van der Waals surface area (Å²) in [5.74, 6) is 0.979. The lowest BCUT2D eigenvalue weighted by atomic mass is 10.1. The predicted molar refractivity (Wildman–Crippen MR) is 88.6 cm³/mol. The van der Waals surface area contributed by atoms with Gasteiger partial charge in [0.05, 0.1) is 0 Å². The van der Waals surface area contributed by atoms with Crippen molar-refractivity contribution in [1.29, 1.82) is 0 Å². The van der Waals surface area contributed by atoms with Gasteiger partial charge in [0.1, 0.15) is 5.82 Å². The maximum atomic E-state index is 4.40. The van der Waals surface area contributed by atoms with Gasteiger partial charge in [-0.1, -0.05) is 12.1 Å². The van der Waals surface area contributed by atoms with Gasteiger partial charge >= 0.3 is 0 Å². The highest BCUT2D eigenvalue weighted by Crippen LogP contribution is 2.21. The average Bonchev–Trinajstić information content (AvgIpc) is 3.16. The molecule has 5 heteroatoms. The first kappa shape index (κ1) is 14.4. The van der Waals surface area contributed by atoms with Gasteiger partial charge in [-0.3, -0.25) is 4.68 Å². The van der Waals surface area contributed by atoms with Crippen molar-refractivity contribution in [2.75, 3.05) is 5.32 Å². The maximum Gasteiger partial charge on any atom is 0.139 e. The third-order valence-electron chi connectivity index (χ3n) is 3.71. The molecule has 114 valence electrons. The molecule has 0 fully saturated rings. The summed E-state index contributed by atoms with van der Waals surface area (Å²) >= 11 is 0. The number of anilines is 1. The zero-order valence-electron chi connectivity index (χ0n) is 13.0. The number of imidazole rings is 1. The minimum Gasteiger partial charge on any atom is -0.383 e. The fraction of sp³-hybridized carbons (Fsp3) is 0.294. The molecule has 0 aliphatic heterocycles. The van der Waals surface area contributed by atoms with Gasteiger partial charge in [-0.15, -0.1) is 0 Å². The van der Waals surface area contributed by atoms with E-state index in [4.69, 9.17) is 0 Å². The van der Waals surface area contributed by atoms with Crippen molar-refractivity contribution in [2.45, 2.75) is 25.9 Å². The molecule has 0 amide bonds. The number of benzene rings is 1. The van der Waals surface area contributed by atoms with Crippen LogP contribution in [0.15, 0.2) is 55.1 Å². The smallest absolute Gasteiger partial charge is 0.139 e. The third-order valence-corrected chi connectivity index (χ3v) is 3.71. The molecule has 2 heterocycles. The van der Waals surface area contributed by atoms with E-state index in [9.17, 15) is 0 Å². The van der Waals surface area contributed by atoms with Crippen molar-refractivity contribution in [3.8, 4) is 11.4 Å². The van der Waals surface area contributed by atoms with Crippen LogP contribution in [0.5, 0.6) is 0 Å². The van der Waals surface area contributed by atoms with Crippen molar-refractivity contribution in [3.05, 3.63) is 55.1 Å². The maximum absolute atomic E-state index is 4.40. The molecule has 0 radical (unpaired) electrons. The van der Waals surface area contributed by atoms with Crippen LogP contribution < -0.4 is 5.32 Å². The van der Waals surface area contributed by atoms with E-state index in [2.05, 4.69) is 46.6 Å². The first-order valence-electron chi connectivity index (χ1n) is 7.54. The van der Waals surface area contributed by atoms with E-state index in [0.717, 1.165) is 30.0 Å². The predicted octanol–water partition coefficient (Wildman–Crippen LogP) is 3.17. The highest BCUT2D eigenvalue weighted by molar-refractivity contribution is 5.62. The molecular formula is C17H21N5. The Morgan fingerprint density at radius 2 is 2.09 bits per heavy atom. The Morgan fingerprint density at radius 3 is 2.82 bits per heavy atom. The van der Waals surface area contributed by atoms with Crippen LogP contribution in [0.2, 0.25) is 0 Å². The summed E-state index contributed by atoms with van der Waals surface area (Å²) < 4.78 is 3.99. The molecule has 0 spiro atoms. The molecule has 5 nitrogen and oxygen atoms in total. The van der Waals surface area contributed by atoms with Gasteiger partial charge in [0.25, 0.3) is 0 Å². The van der Waals surface area contributed by atoms with Crippen LogP contribution >= 0.6 is 0 Å². The quantitative estimate of drug-likeness (QED) is 0.760. The van der Waals surface area contributed by atoms with Crippen molar-refractivity contribution in [3.63, 3.8) is 0 Å². The van der Waals surface area contributed by atoms with Crippen LogP contribution in [-0.4, -0.2) is 25.4 Å². The van der Waals surface area contributed by atoms with E-state index in [1.165, 1.54) is 0 Å². The summed E-state index contributed by atoms with van der Waals surface area (Å²) in [6.07, 6.45) is 8.61. The Bertz CT molecular complexity index is 714. The SMILES string of the molecule is C[C@H](CCn1cccn1)Nc1cccc(-c2nccn2C)c1. The number of hydrogen-bond donors (Lipinski definition) is 1. The molecule has 22 heavy (non-hydrogen) atoms. The molecule has 0 aliphatic carbocycles. The van der Waals surface area contributed by atoms with E-state index >= 15 is 0 Å². The normalized spacial score (nSPS) is 12.3. The standard InChI is InChI=1S/C17H21N5/c1-14(7-11-22-10-4-8-19-22)20-16-6-3-5-15(13-16)17-18-9-12-21(17)2/h3-6,8-10,12-14,20H,7,11H2,1-2H3/t14-/m1/s1. The number of nitrogens with one attached hydrogen (secondary N) is 1. The number of nitrogens with zero attached hydrogens (tertiary/aromatic N) is 4. The van der Waals surface area contributed by atoms with E-state index < -0.39 is 0 Å². The highest BCUT2D eigenvalue weighted by Gasteiger charge is 2.06. The average molecular weight is 295 g/mol. The Morgan fingerprint density at radius 1 is 1.18 bits per heavy atom. The first-order valence-corrected chi connectivity index (χ1v) is 7.54. The molecule has 0 saturated heterocycles. The second-order valence-corrected chi connectivity index (χ2v) is 5.55. The van der Waals surface area contributed by atoms with Crippen molar-refractivity contribution >= 4 is 5.69 Å². The molecule has 0 unspecified atom stereocenters. The van der Waals surface area contributed by atoms with E-state index in [-0.39, 0.29) is 0 Å². The molecule has 0 aliphatic rings. The molecule has 1 aromatic carbocycles. The second-order valence-electron chi connectivity index (χ2n) is 5.55. The first-order chi connectivity index (χ1) is 10.7. The molecule has 0 saturated carbocycles. The van der Waals surface area contributed by atoms with Crippen LogP contribution in [0.4, 0.5) is 5.69 Å². The summed E-state index contributed by atoms with van der Waals surface area (Å²) in [4.78, 5) is 4.40. The summed E-state index contributed by atoms with van der Waals surface area (Å²) in [7, 11) is 2.01. The van der Waals surface area contributed by atoms with Gasteiger partial charge in [0.2, 0.25) is 0 Å². The fourth-order valence-corrected chi connectivity index (χ4v) is 2.51. The van der Waals surface area contributed by atoms with Gasteiger partial charge in [-0.2, -0.15) is 5.10 Å². The summed E-state index contributed by atoms with van der Waals surface area (Å²) in [6, 6.07) is 10.7. The third kappa shape index (κ3) is 3.36. The number of aryl methyl sites for hydroxylation is 2. The van der Waals surface area contributed by atoms with Gasteiger partial charge in [-0.25, -0.2) is 4.98 Å². The molecule has 2 aromatic heterocycles. The minimum absolute atomic E-state index is 0.376. The molecule has 1 atom stereocenters. The lowest BCUT2D eigenvalue weighted by molar-refractivity contribution is 0.546. The summed E-state index contributed by atoms with van der Waals surface area (Å²) in [5.41, 5.74) is 2.24. The fourth-order valence-electron chi connectivity index (χ4n) is 2.51. The Kier molecular flexibility index (Phi) is 4.23. The van der Waals surface area contributed by atoms with Gasteiger partial charge in [0.15, 0.2) is 0 Å². The van der Waals surface area contributed by atoms with Crippen LogP contribution in [0.1, 0.15) is 13.3 Å². The monoisotopic (exact) mass is 295 g/mol. The zero-order valence-corrected chi connectivity index (χ0v) is 13.0. The van der Waals surface area contributed by atoms with Gasteiger partial charge < -0.3 is 9.88 Å². The lowest BCUT2D eigenvalue weighted by Crippen LogP contribution is -2.17. The molecule has 3 aromatic rings. The summed E-state index contributed by atoms with van der Waals surface area (Å²) in [5, 5.41) is 7.78. The molecule has 1 N–H and O–H groups in total. The summed E-state index contributed by atoms with van der Waals surface area (Å²) in [6.45, 7) is 3.11. The minimum atomic E-state index is 0.376. The van der Waals surface area contributed by atoms with Crippen molar-refractivity contribution < 1.29 is 0 Å². The zero-order chi connectivity index (χ0) is 15.4. The van der Waals surface area contributed by atoms with Crippen LogP contribution in [0.25, 0.3) is 11.4 Å². The second kappa shape index (κ2) is 6.47. The van der Waals surface area contributed by atoms with Crippen LogP contribution in [-0.2, 0) is 13.6 Å². The number of rotatable bonds is 6. The Balaban J connectivity index is 1.64. The van der Waals surface area contributed by atoms with E-state index in [0.29, 0.717) is 6.04 Å². The Hall–Kier alpha value is -2.56. The van der Waals surface area contributed by atoms with Crippen molar-refractivity contribution in [1.82, 2.24) is 19.3 Å². The van der Waals surface area contributed by atoms with Crippen LogP contribution in [0.3, 0.4) is 0 Å². The highest BCUT2D eigenvalue weighted by atomic mass is 15.3. The van der Waals surface area contributed by atoms with Gasteiger partial charge in [-0.05, 0) is 31.5 Å². The topological polar surface area (TPSA) is 47.7 Å². The number of aromatic nitrogens is 4. The van der Waals surface area contributed by atoms with E-state index in [1.807, 2.05) is 47.2 Å². The molecule has 3 rings (SSSR count). The molecular weight excluding hydrogens is 274 g/mol. The van der Waals surface area contributed by atoms with Gasteiger partial charge in [0, 0.05) is 55.7 Å². The van der Waals surface area contributed by atoms with Crippen LogP contribution in [0, 0.1) is 0 Å². The lowest BCUT2D eigenvalue weighted by Gasteiger charge is -2.16. The van der Waals surface area contributed by atoms with Crippen molar-refractivity contribution in [2.24, 2.45) is 7.05 Å².